The SMILES string of the molecule is C[C@]12CCC(=O)N[C@@H]1CC[C@@H]1[C@@H]2CC[C@]2(C)/C(=C/c3ccc(Oc4ccccc4)cc3)CC[C@@H]12. The Hall–Kier alpha value is -2.55. The Bertz CT molecular complexity index is 1090. The molecule has 0 unspecified atom stereocenters. The van der Waals surface area contributed by atoms with Crippen molar-refractivity contribution in [2.45, 2.75) is 71.3 Å². The number of allylic oxidation sites excluding steroid dienone is 1. The van der Waals surface area contributed by atoms with Crippen molar-refractivity contribution < 1.29 is 9.53 Å². The van der Waals surface area contributed by atoms with E-state index >= 15 is 0 Å². The molecule has 3 saturated carbocycles. The highest BCUT2D eigenvalue weighted by atomic mass is 16.5. The smallest absolute Gasteiger partial charge is 0.220 e. The summed E-state index contributed by atoms with van der Waals surface area (Å²) in [5, 5.41) is 3.36. The largest absolute Gasteiger partial charge is 0.457 e. The van der Waals surface area contributed by atoms with Crippen molar-refractivity contribution in [3.05, 3.63) is 65.7 Å². The van der Waals surface area contributed by atoms with Crippen molar-refractivity contribution in [2.75, 3.05) is 0 Å². The number of benzene rings is 2. The molecule has 6 atom stereocenters. The first-order valence-corrected chi connectivity index (χ1v) is 13.3. The molecule has 2 aromatic rings. The summed E-state index contributed by atoms with van der Waals surface area (Å²) in [7, 11) is 0. The van der Waals surface area contributed by atoms with Crippen molar-refractivity contribution in [1.82, 2.24) is 5.32 Å². The Labute approximate surface area is 204 Å². The second kappa shape index (κ2) is 8.29. The normalized spacial score (nSPS) is 37.9. The van der Waals surface area contributed by atoms with Crippen molar-refractivity contribution in [3.8, 4) is 11.5 Å². The quantitative estimate of drug-likeness (QED) is 0.524. The number of para-hydroxylation sites is 1. The van der Waals surface area contributed by atoms with E-state index in [1.165, 1.54) is 37.7 Å². The van der Waals surface area contributed by atoms with Crippen LogP contribution in [0, 0.1) is 28.6 Å². The predicted octanol–water partition coefficient (Wildman–Crippen LogP) is 7.38. The summed E-state index contributed by atoms with van der Waals surface area (Å²) in [6.07, 6.45) is 11.9. The fraction of sp³-hybridized carbons (Fsp3) is 0.516. The van der Waals surface area contributed by atoms with Crippen LogP contribution >= 0.6 is 0 Å². The van der Waals surface area contributed by atoms with Gasteiger partial charge in [-0.15, -0.1) is 0 Å². The summed E-state index contributed by atoms with van der Waals surface area (Å²) >= 11 is 0. The summed E-state index contributed by atoms with van der Waals surface area (Å²) < 4.78 is 5.98. The van der Waals surface area contributed by atoms with E-state index in [1.807, 2.05) is 30.3 Å². The van der Waals surface area contributed by atoms with E-state index in [4.69, 9.17) is 4.74 Å². The van der Waals surface area contributed by atoms with Gasteiger partial charge in [0.15, 0.2) is 0 Å². The molecule has 1 aliphatic heterocycles. The fourth-order valence-corrected chi connectivity index (χ4v) is 8.24. The molecule has 0 radical (unpaired) electrons. The molecule has 0 aromatic heterocycles. The third-order valence-electron chi connectivity index (χ3n) is 10.1. The minimum atomic E-state index is 0.271. The Morgan fingerprint density at radius 2 is 1.62 bits per heavy atom. The van der Waals surface area contributed by atoms with Gasteiger partial charge in [0.2, 0.25) is 5.91 Å². The first kappa shape index (κ1) is 21.9. The summed E-state index contributed by atoms with van der Waals surface area (Å²) in [5.74, 6) is 4.38. The van der Waals surface area contributed by atoms with Gasteiger partial charge in [0.05, 0.1) is 0 Å². The molecule has 3 nitrogen and oxygen atoms in total. The summed E-state index contributed by atoms with van der Waals surface area (Å²) in [6.45, 7) is 5.04. The molecule has 3 heteroatoms. The molecule has 0 bridgehead atoms. The second-order valence-electron chi connectivity index (χ2n) is 11.7. The number of ether oxygens (including phenoxy) is 1. The highest BCUT2D eigenvalue weighted by molar-refractivity contribution is 5.77. The molecule has 1 saturated heterocycles. The lowest BCUT2D eigenvalue weighted by atomic mass is 9.47. The van der Waals surface area contributed by atoms with Gasteiger partial charge in [-0.25, -0.2) is 0 Å². The molecule has 0 spiro atoms. The van der Waals surface area contributed by atoms with Gasteiger partial charge in [0.25, 0.3) is 0 Å². The minimum absolute atomic E-state index is 0.271. The number of carbonyl (C=O) groups excluding carboxylic acids is 1. The van der Waals surface area contributed by atoms with E-state index < -0.39 is 0 Å². The van der Waals surface area contributed by atoms with Crippen LogP contribution < -0.4 is 10.1 Å². The number of nitrogens with one attached hydrogen (secondary N) is 1. The first-order valence-electron chi connectivity index (χ1n) is 13.3. The molecular formula is C31H37NO2. The Morgan fingerprint density at radius 1 is 0.853 bits per heavy atom. The third kappa shape index (κ3) is 3.59. The van der Waals surface area contributed by atoms with E-state index in [-0.39, 0.29) is 5.91 Å². The van der Waals surface area contributed by atoms with Crippen molar-refractivity contribution >= 4 is 12.0 Å². The number of carbonyl (C=O) groups is 1. The molecule has 1 amide bonds. The number of rotatable bonds is 3. The highest BCUT2D eigenvalue weighted by Crippen LogP contribution is 2.65. The first-order chi connectivity index (χ1) is 16.5. The molecule has 4 fully saturated rings. The van der Waals surface area contributed by atoms with E-state index in [9.17, 15) is 4.79 Å². The summed E-state index contributed by atoms with van der Waals surface area (Å²) in [4.78, 5) is 12.1. The molecule has 1 N–H and O–H groups in total. The monoisotopic (exact) mass is 455 g/mol. The predicted molar refractivity (Wildman–Crippen MR) is 136 cm³/mol. The zero-order valence-electron chi connectivity index (χ0n) is 20.6. The zero-order valence-corrected chi connectivity index (χ0v) is 20.6. The van der Waals surface area contributed by atoms with Gasteiger partial charge in [0, 0.05) is 12.5 Å². The van der Waals surface area contributed by atoms with Crippen LogP contribution in [0.15, 0.2) is 60.2 Å². The lowest BCUT2D eigenvalue weighted by molar-refractivity contribution is -0.134. The lowest BCUT2D eigenvalue weighted by Crippen LogP contribution is -2.60. The maximum absolute atomic E-state index is 12.1. The topological polar surface area (TPSA) is 38.3 Å². The maximum Gasteiger partial charge on any atom is 0.220 e. The molecule has 178 valence electrons. The van der Waals surface area contributed by atoms with Crippen LogP contribution in [0.5, 0.6) is 11.5 Å². The van der Waals surface area contributed by atoms with E-state index in [2.05, 4.69) is 49.5 Å². The zero-order chi connectivity index (χ0) is 23.3. The van der Waals surface area contributed by atoms with Crippen LogP contribution in [0.3, 0.4) is 0 Å². The fourth-order valence-electron chi connectivity index (χ4n) is 8.24. The Morgan fingerprint density at radius 3 is 2.41 bits per heavy atom. The van der Waals surface area contributed by atoms with E-state index in [0.717, 1.165) is 42.1 Å². The minimum Gasteiger partial charge on any atom is -0.457 e. The van der Waals surface area contributed by atoms with Crippen molar-refractivity contribution in [1.29, 1.82) is 0 Å². The van der Waals surface area contributed by atoms with Gasteiger partial charge < -0.3 is 10.1 Å². The molecule has 4 aliphatic rings. The molecular weight excluding hydrogens is 418 g/mol. The number of hydrogen-bond donors (Lipinski definition) is 1. The van der Waals surface area contributed by atoms with E-state index in [1.54, 1.807) is 5.57 Å². The van der Waals surface area contributed by atoms with E-state index in [0.29, 0.717) is 23.3 Å². The number of hydrogen-bond acceptors (Lipinski definition) is 2. The number of fused-ring (bicyclic) bond motifs is 5. The van der Waals surface area contributed by atoms with Crippen LogP contribution in [0.4, 0.5) is 0 Å². The number of piperidine rings is 1. The highest BCUT2D eigenvalue weighted by Gasteiger charge is 2.59. The summed E-state index contributed by atoms with van der Waals surface area (Å²) in [5.41, 5.74) is 3.54. The van der Waals surface area contributed by atoms with Gasteiger partial charge in [-0.2, -0.15) is 0 Å². The second-order valence-corrected chi connectivity index (χ2v) is 11.7. The molecule has 6 rings (SSSR count). The van der Waals surface area contributed by atoms with Gasteiger partial charge in [-0.05, 0) is 103 Å². The van der Waals surface area contributed by atoms with Gasteiger partial charge >= 0.3 is 0 Å². The van der Waals surface area contributed by atoms with Gasteiger partial charge in [-0.1, -0.05) is 55.8 Å². The average molecular weight is 456 g/mol. The average Bonchev–Trinajstić information content (AvgIpc) is 3.17. The standard InChI is InChI=1S/C31H37NO2/c1-30-18-16-27-25(13-15-28-31(27,2)19-17-29(33)32-28)26(30)14-10-22(30)20-21-8-11-24(12-9-21)34-23-6-4-3-5-7-23/h3-9,11-12,20,25-28H,10,13-19H2,1-2H3,(H,32,33)/b22-20+/t25-,26-,27-,28+,30+,31+/m0/s1. The third-order valence-corrected chi connectivity index (χ3v) is 10.1. The van der Waals surface area contributed by atoms with Crippen LogP contribution in [-0.4, -0.2) is 11.9 Å². The van der Waals surface area contributed by atoms with Crippen LogP contribution in [0.1, 0.15) is 70.8 Å². The van der Waals surface area contributed by atoms with Crippen LogP contribution in [0.2, 0.25) is 0 Å². The van der Waals surface area contributed by atoms with Crippen molar-refractivity contribution in [3.63, 3.8) is 0 Å². The molecule has 3 aliphatic carbocycles. The molecule has 1 heterocycles. The maximum atomic E-state index is 12.1. The van der Waals surface area contributed by atoms with Gasteiger partial charge in [0.1, 0.15) is 11.5 Å². The Kier molecular flexibility index (Phi) is 5.35. The molecule has 2 aromatic carbocycles. The van der Waals surface area contributed by atoms with Crippen LogP contribution in [-0.2, 0) is 4.79 Å². The molecule has 34 heavy (non-hydrogen) atoms. The van der Waals surface area contributed by atoms with Crippen molar-refractivity contribution in [2.24, 2.45) is 28.6 Å². The number of amides is 1. The van der Waals surface area contributed by atoms with Crippen LogP contribution in [0.25, 0.3) is 6.08 Å². The lowest BCUT2D eigenvalue weighted by Gasteiger charge is -2.59. The van der Waals surface area contributed by atoms with Gasteiger partial charge in [-0.3, -0.25) is 4.79 Å². The summed E-state index contributed by atoms with van der Waals surface area (Å²) in [6, 6.07) is 18.9. The Balaban J connectivity index is 1.20.